The SMILES string of the molecule is COc1ccc(OC)c(/C=C(\NC(=O)c2ccccc2)C(=O)Nc2ccc(C(=O)/C=C/c3cccc(Cl)c3)cc2)c1. The van der Waals surface area contributed by atoms with E-state index in [-0.39, 0.29) is 11.5 Å². The van der Waals surface area contributed by atoms with Crippen LogP contribution < -0.4 is 20.1 Å². The molecule has 0 aliphatic heterocycles. The predicted octanol–water partition coefficient (Wildman–Crippen LogP) is 6.66. The van der Waals surface area contributed by atoms with Gasteiger partial charge in [-0.25, -0.2) is 0 Å². The number of anilines is 1. The van der Waals surface area contributed by atoms with Crippen molar-refractivity contribution in [3.8, 4) is 11.5 Å². The second kappa shape index (κ2) is 13.8. The van der Waals surface area contributed by atoms with Crippen molar-refractivity contribution in [3.05, 3.63) is 136 Å². The Morgan fingerprint density at radius 3 is 2.22 bits per heavy atom. The topological polar surface area (TPSA) is 93.7 Å². The first-order chi connectivity index (χ1) is 19.9. The van der Waals surface area contributed by atoms with Crippen molar-refractivity contribution in [2.75, 3.05) is 19.5 Å². The average molecular weight is 567 g/mol. The molecule has 0 bridgehead atoms. The third-order valence-corrected chi connectivity index (χ3v) is 6.20. The maximum Gasteiger partial charge on any atom is 0.272 e. The standard InChI is InChI=1S/C33H27ClN2O5/c1-40-28-16-18-31(41-2)25(20-28)21-29(36-32(38)24-8-4-3-5-9-24)33(39)35-27-14-12-23(13-15-27)30(37)17-11-22-7-6-10-26(34)19-22/h3-21H,1-2H3,(H,35,39)(H,36,38)/b17-11+,29-21-. The molecule has 0 atom stereocenters. The first-order valence-corrected chi connectivity index (χ1v) is 12.9. The maximum absolute atomic E-state index is 13.4. The first kappa shape index (κ1) is 28.9. The van der Waals surface area contributed by atoms with E-state index in [1.807, 2.05) is 6.07 Å². The Morgan fingerprint density at radius 1 is 0.780 bits per heavy atom. The van der Waals surface area contributed by atoms with E-state index >= 15 is 0 Å². The van der Waals surface area contributed by atoms with E-state index in [2.05, 4.69) is 10.6 Å². The van der Waals surface area contributed by atoms with Gasteiger partial charge in [-0.2, -0.15) is 0 Å². The molecule has 0 aliphatic carbocycles. The molecule has 8 heteroatoms. The Morgan fingerprint density at radius 2 is 1.54 bits per heavy atom. The summed E-state index contributed by atoms with van der Waals surface area (Å²) in [6.45, 7) is 0. The highest BCUT2D eigenvalue weighted by molar-refractivity contribution is 6.30. The van der Waals surface area contributed by atoms with Crippen molar-refractivity contribution in [3.63, 3.8) is 0 Å². The van der Waals surface area contributed by atoms with Gasteiger partial charge < -0.3 is 20.1 Å². The summed E-state index contributed by atoms with van der Waals surface area (Å²) in [5.74, 6) is -0.196. The largest absolute Gasteiger partial charge is 0.497 e. The Hall–Kier alpha value is -5.14. The quantitative estimate of drug-likeness (QED) is 0.165. The van der Waals surface area contributed by atoms with Gasteiger partial charge in [0.1, 0.15) is 17.2 Å². The van der Waals surface area contributed by atoms with Gasteiger partial charge in [0.15, 0.2) is 5.78 Å². The highest BCUT2D eigenvalue weighted by Crippen LogP contribution is 2.26. The molecule has 41 heavy (non-hydrogen) atoms. The van der Waals surface area contributed by atoms with Crippen LogP contribution in [0.25, 0.3) is 12.2 Å². The van der Waals surface area contributed by atoms with Gasteiger partial charge in [0, 0.05) is 27.4 Å². The number of rotatable bonds is 10. The normalized spacial score (nSPS) is 11.1. The number of hydrogen-bond acceptors (Lipinski definition) is 5. The minimum Gasteiger partial charge on any atom is -0.497 e. The Labute approximate surface area is 243 Å². The van der Waals surface area contributed by atoms with Crippen molar-refractivity contribution in [2.45, 2.75) is 0 Å². The van der Waals surface area contributed by atoms with Crippen LogP contribution in [0.2, 0.25) is 5.02 Å². The number of allylic oxidation sites excluding steroid dienone is 1. The summed E-state index contributed by atoms with van der Waals surface area (Å²) in [4.78, 5) is 39.0. The van der Waals surface area contributed by atoms with Crippen molar-refractivity contribution in [1.82, 2.24) is 5.32 Å². The number of hydrogen-bond donors (Lipinski definition) is 2. The number of ketones is 1. The second-order valence-electron chi connectivity index (χ2n) is 8.77. The smallest absolute Gasteiger partial charge is 0.272 e. The van der Waals surface area contributed by atoms with Gasteiger partial charge in [0.2, 0.25) is 0 Å². The fourth-order valence-electron chi connectivity index (χ4n) is 3.84. The molecule has 0 fully saturated rings. The summed E-state index contributed by atoms with van der Waals surface area (Å²) in [6, 6.07) is 27.3. The van der Waals surface area contributed by atoms with E-state index in [4.69, 9.17) is 21.1 Å². The predicted molar refractivity (Wildman–Crippen MR) is 161 cm³/mol. The van der Waals surface area contributed by atoms with Crippen LogP contribution in [-0.2, 0) is 4.79 Å². The van der Waals surface area contributed by atoms with Crippen molar-refractivity contribution < 1.29 is 23.9 Å². The lowest BCUT2D eigenvalue weighted by molar-refractivity contribution is -0.113. The zero-order valence-corrected chi connectivity index (χ0v) is 23.1. The summed E-state index contributed by atoms with van der Waals surface area (Å²) < 4.78 is 10.7. The molecule has 2 N–H and O–H groups in total. The summed E-state index contributed by atoms with van der Waals surface area (Å²) in [7, 11) is 3.04. The van der Waals surface area contributed by atoms with Crippen LogP contribution in [0.4, 0.5) is 5.69 Å². The van der Waals surface area contributed by atoms with Gasteiger partial charge in [0.25, 0.3) is 11.8 Å². The summed E-state index contributed by atoms with van der Waals surface area (Å²) in [5, 5.41) is 6.06. The number of methoxy groups -OCH3 is 2. The van der Waals surface area contributed by atoms with Crippen LogP contribution in [0.1, 0.15) is 31.8 Å². The molecule has 0 radical (unpaired) electrons. The number of carbonyl (C=O) groups excluding carboxylic acids is 3. The van der Waals surface area contributed by atoms with Crippen LogP contribution in [-0.4, -0.2) is 31.8 Å². The third-order valence-electron chi connectivity index (χ3n) is 5.97. The van der Waals surface area contributed by atoms with Crippen LogP contribution in [0, 0.1) is 0 Å². The zero-order valence-electron chi connectivity index (χ0n) is 22.4. The van der Waals surface area contributed by atoms with Gasteiger partial charge in [-0.3, -0.25) is 14.4 Å². The molecule has 2 amide bonds. The number of halogens is 1. The molecular weight excluding hydrogens is 540 g/mol. The fraction of sp³-hybridized carbons (Fsp3) is 0.0606. The lowest BCUT2D eigenvalue weighted by Gasteiger charge is -2.13. The lowest BCUT2D eigenvalue weighted by atomic mass is 10.1. The molecule has 0 heterocycles. The van der Waals surface area contributed by atoms with Gasteiger partial charge in [0.05, 0.1) is 14.2 Å². The summed E-state index contributed by atoms with van der Waals surface area (Å²) >= 11 is 6.00. The highest BCUT2D eigenvalue weighted by atomic mass is 35.5. The Kier molecular flexibility index (Phi) is 9.70. The van der Waals surface area contributed by atoms with Crippen LogP contribution >= 0.6 is 11.6 Å². The van der Waals surface area contributed by atoms with E-state index < -0.39 is 11.8 Å². The minimum atomic E-state index is -0.570. The number of benzene rings is 4. The van der Waals surface area contributed by atoms with E-state index in [1.54, 1.807) is 97.1 Å². The van der Waals surface area contributed by atoms with Gasteiger partial charge in [-0.05, 0) is 84.4 Å². The lowest BCUT2D eigenvalue weighted by Crippen LogP contribution is -2.30. The molecule has 0 spiro atoms. The number of nitrogens with one attached hydrogen (secondary N) is 2. The van der Waals surface area contributed by atoms with E-state index in [1.165, 1.54) is 26.4 Å². The molecule has 0 unspecified atom stereocenters. The molecule has 0 saturated heterocycles. The van der Waals surface area contributed by atoms with E-state index in [9.17, 15) is 14.4 Å². The number of ether oxygens (including phenoxy) is 2. The molecule has 7 nitrogen and oxygen atoms in total. The van der Waals surface area contributed by atoms with Crippen LogP contribution in [0.5, 0.6) is 11.5 Å². The van der Waals surface area contributed by atoms with Crippen LogP contribution in [0.3, 0.4) is 0 Å². The van der Waals surface area contributed by atoms with Crippen LogP contribution in [0.15, 0.2) is 109 Å². The second-order valence-corrected chi connectivity index (χ2v) is 9.21. The zero-order chi connectivity index (χ0) is 29.2. The molecule has 0 aromatic heterocycles. The molecule has 0 saturated carbocycles. The van der Waals surface area contributed by atoms with Crippen molar-refractivity contribution in [1.29, 1.82) is 0 Å². The molecule has 206 valence electrons. The highest BCUT2D eigenvalue weighted by Gasteiger charge is 2.17. The third kappa shape index (κ3) is 7.94. The monoisotopic (exact) mass is 566 g/mol. The molecule has 4 aromatic carbocycles. The van der Waals surface area contributed by atoms with Gasteiger partial charge in [-0.15, -0.1) is 0 Å². The van der Waals surface area contributed by atoms with E-state index in [0.717, 1.165) is 5.56 Å². The van der Waals surface area contributed by atoms with Gasteiger partial charge >= 0.3 is 0 Å². The van der Waals surface area contributed by atoms with Gasteiger partial charge in [-0.1, -0.05) is 48.0 Å². The Balaban J connectivity index is 1.55. The molecular formula is C33H27ClN2O5. The van der Waals surface area contributed by atoms with Crippen molar-refractivity contribution >= 4 is 47.0 Å². The van der Waals surface area contributed by atoms with E-state index in [0.29, 0.717) is 38.9 Å². The van der Waals surface area contributed by atoms with Crippen molar-refractivity contribution in [2.24, 2.45) is 0 Å². The first-order valence-electron chi connectivity index (χ1n) is 12.6. The fourth-order valence-corrected chi connectivity index (χ4v) is 4.04. The summed E-state index contributed by atoms with van der Waals surface area (Å²) in [5.41, 5.74) is 2.57. The maximum atomic E-state index is 13.4. The average Bonchev–Trinajstić information content (AvgIpc) is 3.00. The molecule has 4 aromatic rings. The Bertz CT molecular complexity index is 1610. The summed E-state index contributed by atoms with van der Waals surface area (Å²) in [6.07, 6.45) is 4.65. The number of carbonyl (C=O) groups is 3. The number of amides is 2. The molecule has 4 rings (SSSR count). The minimum absolute atomic E-state index is 0.0185. The molecule has 0 aliphatic rings.